The molecule has 0 unspecified atom stereocenters. The van der Waals surface area contributed by atoms with E-state index >= 15 is 0 Å². The van der Waals surface area contributed by atoms with E-state index in [-0.39, 0.29) is 0 Å². The van der Waals surface area contributed by atoms with Gasteiger partial charge in [0.25, 0.3) is 0 Å². The molecule has 16 heavy (non-hydrogen) atoms. The number of aromatic nitrogens is 1. The predicted molar refractivity (Wildman–Crippen MR) is 68.7 cm³/mol. The topological polar surface area (TPSA) is 17.0 Å². The van der Waals surface area contributed by atoms with E-state index in [0.29, 0.717) is 0 Å². The monoisotopic (exact) mass is 232 g/mol. The van der Waals surface area contributed by atoms with E-state index < -0.39 is 0 Å². The average Bonchev–Trinajstić information content (AvgIpc) is 2.73. The smallest absolute Gasteiger partial charge is 0.0539 e. The number of rotatable bonds is 1. The summed E-state index contributed by atoms with van der Waals surface area (Å²) in [7, 11) is 0. The van der Waals surface area contributed by atoms with Gasteiger partial charge in [0.1, 0.15) is 0 Å². The highest BCUT2D eigenvalue weighted by atomic mass is 35.5. The summed E-state index contributed by atoms with van der Waals surface area (Å²) in [5, 5.41) is 5.35. The van der Waals surface area contributed by atoms with Crippen molar-refractivity contribution in [2.45, 2.75) is 6.42 Å². The van der Waals surface area contributed by atoms with Crippen LogP contribution in [0.1, 0.15) is 6.42 Å². The quantitative estimate of drug-likeness (QED) is 0.800. The summed E-state index contributed by atoms with van der Waals surface area (Å²) >= 11 is 6.04. The highest BCUT2D eigenvalue weighted by molar-refractivity contribution is 6.31. The molecule has 1 aromatic heterocycles. The number of hydrogen-bond acceptors (Lipinski definition) is 1. The van der Waals surface area contributed by atoms with Crippen molar-refractivity contribution >= 4 is 28.2 Å². The standard InChI is InChI=1S/C13H13ClN2/c14-11-2-1-10-5-8-16(13(10)9-11)12-3-6-15-7-4-12/h1-3,5,8-9,15H,4,6-7H2. The van der Waals surface area contributed by atoms with Gasteiger partial charge in [0, 0.05) is 41.8 Å². The maximum Gasteiger partial charge on any atom is 0.0539 e. The zero-order chi connectivity index (χ0) is 11.0. The Morgan fingerprint density at radius 3 is 3.00 bits per heavy atom. The van der Waals surface area contributed by atoms with E-state index in [1.54, 1.807) is 0 Å². The third-order valence-corrected chi connectivity index (χ3v) is 3.24. The largest absolute Gasteiger partial charge is 0.320 e. The minimum Gasteiger partial charge on any atom is -0.320 e. The fourth-order valence-electron chi connectivity index (χ4n) is 2.18. The molecule has 1 aliphatic rings. The van der Waals surface area contributed by atoms with E-state index in [1.807, 2.05) is 12.1 Å². The summed E-state index contributed by atoms with van der Waals surface area (Å²) < 4.78 is 2.24. The SMILES string of the molecule is Clc1ccc2ccn(C3=CCNCC3)c2c1. The molecule has 1 aliphatic heterocycles. The predicted octanol–water partition coefficient (Wildman–Crippen LogP) is 3.13. The van der Waals surface area contributed by atoms with E-state index in [9.17, 15) is 0 Å². The van der Waals surface area contributed by atoms with Crippen molar-refractivity contribution < 1.29 is 0 Å². The lowest BCUT2D eigenvalue weighted by Gasteiger charge is -2.16. The molecule has 3 heteroatoms. The summed E-state index contributed by atoms with van der Waals surface area (Å²) in [5.41, 5.74) is 2.55. The van der Waals surface area contributed by atoms with Crippen LogP contribution in [0.25, 0.3) is 16.6 Å². The van der Waals surface area contributed by atoms with Gasteiger partial charge in [-0.25, -0.2) is 0 Å². The van der Waals surface area contributed by atoms with Crippen LogP contribution in [-0.2, 0) is 0 Å². The number of benzene rings is 1. The van der Waals surface area contributed by atoms with Crippen molar-refractivity contribution in [3.05, 3.63) is 41.6 Å². The van der Waals surface area contributed by atoms with Crippen LogP contribution in [0.4, 0.5) is 0 Å². The van der Waals surface area contributed by atoms with Gasteiger partial charge in [-0.15, -0.1) is 0 Å². The molecule has 0 bridgehead atoms. The van der Waals surface area contributed by atoms with Gasteiger partial charge < -0.3 is 9.88 Å². The molecule has 2 nitrogen and oxygen atoms in total. The summed E-state index contributed by atoms with van der Waals surface area (Å²) in [6.07, 6.45) is 5.43. The van der Waals surface area contributed by atoms with Crippen LogP contribution >= 0.6 is 11.6 Å². The number of halogens is 1. The van der Waals surface area contributed by atoms with Crippen LogP contribution in [0.2, 0.25) is 5.02 Å². The molecule has 0 saturated heterocycles. The average molecular weight is 233 g/mol. The molecular weight excluding hydrogens is 220 g/mol. The van der Waals surface area contributed by atoms with Gasteiger partial charge in [-0.2, -0.15) is 0 Å². The van der Waals surface area contributed by atoms with Gasteiger partial charge in [-0.3, -0.25) is 0 Å². The van der Waals surface area contributed by atoms with Crippen LogP contribution in [-0.4, -0.2) is 17.7 Å². The number of fused-ring (bicyclic) bond motifs is 1. The number of nitrogens with one attached hydrogen (secondary N) is 1. The maximum atomic E-state index is 6.04. The minimum atomic E-state index is 0.794. The number of nitrogens with zero attached hydrogens (tertiary/aromatic N) is 1. The molecule has 1 N–H and O–H groups in total. The van der Waals surface area contributed by atoms with Crippen molar-refractivity contribution in [3.63, 3.8) is 0 Å². The third kappa shape index (κ3) is 1.64. The fourth-order valence-corrected chi connectivity index (χ4v) is 2.35. The third-order valence-electron chi connectivity index (χ3n) is 3.00. The molecule has 3 rings (SSSR count). The van der Waals surface area contributed by atoms with Gasteiger partial charge in [0.05, 0.1) is 5.52 Å². The Balaban J connectivity index is 2.16. The molecule has 1 aromatic carbocycles. The van der Waals surface area contributed by atoms with Crippen molar-refractivity contribution in [2.24, 2.45) is 0 Å². The lowest BCUT2D eigenvalue weighted by Crippen LogP contribution is -2.21. The van der Waals surface area contributed by atoms with Gasteiger partial charge >= 0.3 is 0 Å². The number of hydrogen-bond donors (Lipinski definition) is 1. The van der Waals surface area contributed by atoms with Crippen molar-refractivity contribution in [1.82, 2.24) is 9.88 Å². The first-order valence-electron chi connectivity index (χ1n) is 5.51. The first-order chi connectivity index (χ1) is 7.84. The van der Waals surface area contributed by atoms with Crippen LogP contribution < -0.4 is 5.32 Å². The first kappa shape index (κ1) is 9.94. The summed E-state index contributed by atoms with van der Waals surface area (Å²) in [4.78, 5) is 0. The molecule has 2 aromatic rings. The Bertz CT molecular complexity index is 554. The van der Waals surface area contributed by atoms with Gasteiger partial charge in [-0.1, -0.05) is 23.7 Å². The van der Waals surface area contributed by atoms with Crippen LogP contribution in [0.3, 0.4) is 0 Å². The maximum absolute atomic E-state index is 6.04. The zero-order valence-electron chi connectivity index (χ0n) is 8.91. The second-order valence-corrected chi connectivity index (χ2v) is 4.47. The normalized spacial score (nSPS) is 16.4. The zero-order valence-corrected chi connectivity index (χ0v) is 9.67. The molecule has 2 heterocycles. The summed E-state index contributed by atoms with van der Waals surface area (Å²) in [6, 6.07) is 8.16. The van der Waals surface area contributed by atoms with E-state index in [4.69, 9.17) is 11.6 Å². The minimum absolute atomic E-state index is 0.794. The van der Waals surface area contributed by atoms with Crippen LogP contribution in [0.5, 0.6) is 0 Å². The van der Waals surface area contributed by atoms with Gasteiger partial charge in [0.2, 0.25) is 0 Å². The van der Waals surface area contributed by atoms with Crippen LogP contribution in [0, 0.1) is 0 Å². The molecular formula is C13H13ClN2. The lowest BCUT2D eigenvalue weighted by molar-refractivity contribution is 0.720. The molecule has 0 fully saturated rings. The van der Waals surface area contributed by atoms with E-state index in [0.717, 1.165) is 24.5 Å². The second kappa shape index (κ2) is 3.96. The van der Waals surface area contributed by atoms with Crippen molar-refractivity contribution in [3.8, 4) is 0 Å². The molecule has 0 amide bonds. The fraction of sp³-hybridized carbons (Fsp3) is 0.231. The Hall–Kier alpha value is -1.25. The second-order valence-electron chi connectivity index (χ2n) is 4.04. The Morgan fingerprint density at radius 2 is 2.19 bits per heavy atom. The first-order valence-corrected chi connectivity index (χ1v) is 5.89. The highest BCUT2D eigenvalue weighted by Crippen LogP contribution is 2.24. The Kier molecular flexibility index (Phi) is 2.46. The van der Waals surface area contributed by atoms with Gasteiger partial charge in [-0.05, 0) is 18.2 Å². The Labute approximate surface area is 99.5 Å². The molecule has 0 aliphatic carbocycles. The van der Waals surface area contributed by atoms with E-state index in [2.05, 4.69) is 34.3 Å². The summed E-state index contributed by atoms with van der Waals surface area (Å²) in [6.45, 7) is 2.00. The van der Waals surface area contributed by atoms with Crippen LogP contribution in [0.15, 0.2) is 36.5 Å². The molecule has 0 spiro atoms. The molecule has 82 valence electrons. The molecule has 0 atom stereocenters. The van der Waals surface area contributed by atoms with Gasteiger partial charge in [0.15, 0.2) is 0 Å². The summed E-state index contributed by atoms with van der Waals surface area (Å²) in [5.74, 6) is 0. The molecule has 0 radical (unpaired) electrons. The Morgan fingerprint density at radius 1 is 1.25 bits per heavy atom. The van der Waals surface area contributed by atoms with E-state index in [1.165, 1.54) is 16.6 Å². The molecule has 0 saturated carbocycles. The lowest BCUT2D eigenvalue weighted by atomic mass is 10.2. The highest BCUT2D eigenvalue weighted by Gasteiger charge is 2.08. The van der Waals surface area contributed by atoms with Crippen molar-refractivity contribution in [2.75, 3.05) is 13.1 Å². The van der Waals surface area contributed by atoms with Crippen molar-refractivity contribution in [1.29, 1.82) is 0 Å².